The third-order valence-corrected chi connectivity index (χ3v) is 3.10. The van der Waals surface area contributed by atoms with Crippen LogP contribution in [0.25, 0.3) is 11.3 Å². The van der Waals surface area contributed by atoms with E-state index in [0.717, 1.165) is 16.8 Å². The predicted molar refractivity (Wildman–Crippen MR) is 79.5 cm³/mol. The van der Waals surface area contributed by atoms with E-state index in [1.165, 1.54) is 0 Å². The molecule has 0 unspecified atom stereocenters. The molecule has 2 aromatic heterocycles. The molecule has 3 rings (SSSR count). The van der Waals surface area contributed by atoms with Gasteiger partial charge in [0.25, 0.3) is 0 Å². The van der Waals surface area contributed by atoms with Gasteiger partial charge in [-0.2, -0.15) is 0 Å². The molecule has 4 heteroatoms. The second-order valence-corrected chi connectivity index (χ2v) is 4.78. The molecule has 0 bridgehead atoms. The summed E-state index contributed by atoms with van der Waals surface area (Å²) in [4.78, 5) is 13.0. The molecule has 0 N–H and O–H groups in total. The minimum Gasteiger partial charge on any atom is -0.264 e. The van der Waals surface area contributed by atoms with Crippen molar-refractivity contribution in [1.29, 1.82) is 0 Å². The second-order valence-electron chi connectivity index (χ2n) is 4.40. The standard InChI is InChI=1S/C16H12ClN3/c17-15-10-14(13-7-4-8-18-11-13)19-16(20-15)9-12-5-2-1-3-6-12/h1-8,10-11H,9H2. The third-order valence-electron chi connectivity index (χ3n) is 2.90. The lowest BCUT2D eigenvalue weighted by atomic mass is 10.1. The Morgan fingerprint density at radius 1 is 0.950 bits per heavy atom. The van der Waals surface area contributed by atoms with Crippen LogP contribution in [0.2, 0.25) is 5.15 Å². The van der Waals surface area contributed by atoms with Crippen LogP contribution in [0.4, 0.5) is 0 Å². The van der Waals surface area contributed by atoms with Crippen molar-refractivity contribution in [1.82, 2.24) is 15.0 Å². The maximum Gasteiger partial charge on any atom is 0.135 e. The van der Waals surface area contributed by atoms with Gasteiger partial charge in [-0.25, -0.2) is 9.97 Å². The number of hydrogen-bond acceptors (Lipinski definition) is 3. The summed E-state index contributed by atoms with van der Waals surface area (Å²) in [6, 6.07) is 15.7. The van der Waals surface area contributed by atoms with Gasteiger partial charge in [0.05, 0.1) is 5.69 Å². The van der Waals surface area contributed by atoms with Crippen LogP contribution in [-0.4, -0.2) is 15.0 Å². The summed E-state index contributed by atoms with van der Waals surface area (Å²) in [6.45, 7) is 0. The molecule has 1 aromatic carbocycles. The molecule has 3 nitrogen and oxygen atoms in total. The number of halogens is 1. The Morgan fingerprint density at radius 3 is 2.55 bits per heavy atom. The quantitative estimate of drug-likeness (QED) is 0.686. The summed E-state index contributed by atoms with van der Waals surface area (Å²) in [7, 11) is 0. The smallest absolute Gasteiger partial charge is 0.135 e. The van der Waals surface area contributed by atoms with E-state index in [1.807, 2.05) is 42.5 Å². The molecule has 0 aliphatic heterocycles. The molecule has 20 heavy (non-hydrogen) atoms. The lowest BCUT2D eigenvalue weighted by molar-refractivity contribution is 0.972. The average Bonchev–Trinajstić information content (AvgIpc) is 2.49. The molecule has 3 aromatic rings. The van der Waals surface area contributed by atoms with Crippen molar-refractivity contribution in [2.45, 2.75) is 6.42 Å². The number of rotatable bonds is 3. The Labute approximate surface area is 122 Å². The Kier molecular flexibility index (Phi) is 3.70. The zero-order valence-electron chi connectivity index (χ0n) is 10.7. The molecular weight excluding hydrogens is 270 g/mol. The molecule has 2 heterocycles. The summed E-state index contributed by atoms with van der Waals surface area (Å²) in [5.41, 5.74) is 2.89. The Morgan fingerprint density at radius 2 is 1.80 bits per heavy atom. The zero-order valence-corrected chi connectivity index (χ0v) is 11.5. The van der Waals surface area contributed by atoms with Crippen LogP contribution in [0.3, 0.4) is 0 Å². The average molecular weight is 282 g/mol. The fourth-order valence-electron chi connectivity index (χ4n) is 1.98. The highest BCUT2D eigenvalue weighted by Crippen LogP contribution is 2.19. The van der Waals surface area contributed by atoms with E-state index in [-0.39, 0.29) is 0 Å². The highest BCUT2D eigenvalue weighted by molar-refractivity contribution is 6.29. The largest absolute Gasteiger partial charge is 0.264 e. The Balaban J connectivity index is 1.95. The molecule has 0 aliphatic carbocycles. The molecule has 0 spiro atoms. The molecule has 0 amide bonds. The van der Waals surface area contributed by atoms with Crippen LogP contribution in [0.15, 0.2) is 60.9 Å². The summed E-state index contributed by atoms with van der Waals surface area (Å²) >= 11 is 6.09. The number of nitrogens with zero attached hydrogens (tertiary/aromatic N) is 3. The highest BCUT2D eigenvalue weighted by atomic mass is 35.5. The van der Waals surface area contributed by atoms with E-state index < -0.39 is 0 Å². The van der Waals surface area contributed by atoms with Crippen molar-refractivity contribution in [3.8, 4) is 11.3 Å². The molecule has 0 saturated carbocycles. The summed E-state index contributed by atoms with van der Waals surface area (Å²) in [6.07, 6.45) is 4.16. The molecule has 0 fully saturated rings. The van der Waals surface area contributed by atoms with Crippen LogP contribution >= 0.6 is 11.6 Å². The van der Waals surface area contributed by atoms with E-state index in [9.17, 15) is 0 Å². The lowest BCUT2D eigenvalue weighted by Gasteiger charge is -2.05. The van der Waals surface area contributed by atoms with Gasteiger partial charge in [-0.3, -0.25) is 4.98 Å². The van der Waals surface area contributed by atoms with Gasteiger partial charge in [0.15, 0.2) is 0 Å². The van der Waals surface area contributed by atoms with E-state index in [1.54, 1.807) is 18.5 Å². The maximum absolute atomic E-state index is 6.09. The normalized spacial score (nSPS) is 10.4. The maximum atomic E-state index is 6.09. The molecular formula is C16H12ClN3. The summed E-state index contributed by atoms with van der Waals surface area (Å²) in [5, 5.41) is 0.449. The Hall–Kier alpha value is -2.26. The van der Waals surface area contributed by atoms with Crippen molar-refractivity contribution >= 4 is 11.6 Å². The van der Waals surface area contributed by atoms with Crippen LogP contribution in [0, 0.1) is 0 Å². The van der Waals surface area contributed by atoms with Gasteiger partial charge < -0.3 is 0 Å². The van der Waals surface area contributed by atoms with Gasteiger partial charge >= 0.3 is 0 Å². The van der Waals surface area contributed by atoms with Gasteiger partial charge in [0, 0.05) is 30.4 Å². The number of pyridine rings is 1. The number of hydrogen-bond donors (Lipinski definition) is 0. The van der Waals surface area contributed by atoms with E-state index >= 15 is 0 Å². The predicted octanol–water partition coefficient (Wildman–Crippen LogP) is 3.78. The van der Waals surface area contributed by atoms with Crippen LogP contribution in [0.1, 0.15) is 11.4 Å². The summed E-state index contributed by atoms with van der Waals surface area (Å²) < 4.78 is 0. The molecule has 0 radical (unpaired) electrons. The van der Waals surface area contributed by atoms with Crippen molar-refractivity contribution in [2.24, 2.45) is 0 Å². The van der Waals surface area contributed by atoms with Crippen LogP contribution < -0.4 is 0 Å². The number of benzene rings is 1. The van der Waals surface area contributed by atoms with E-state index in [4.69, 9.17) is 11.6 Å². The van der Waals surface area contributed by atoms with Gasteiger partial charge in [0.2, 0.25) is 0 Å². The molecule has 0 atom stereocenters. The first kappa shape index (κ1) is 12.8. The molecule has 98 valence electrons. The minimum absolute atomic E-state index is 0.449. The van der Waals surface area contributed by atoms with Crippen molar-refractivity contribution in [2.75, 3.05) is 0 Å². The summed E-state index contributed by atoms with van der Waals surface area (Å²) in [5.74, 6) is 0.711. The first-order valence-corrected chi connectivity index (χ1v) is 6.67. The van der Waals surface area contributed by atoms with E-state index in [0.29, 0.717) is 17.4 Å². The zero-order chi connectivity index (χ0) is 13.8. The van der Waals surface area contributed by atoms with Crippen molar-refractivity contribution in [3.05, 3.63) is 77.5 Å². The van der Waals surface area contributed by atoms with Crippen LogP contribution in [-0.2, 0) is 6.42 Å². The monoisotopic (exact) mass is 281 g/mol. The van der Waals surface area contributed by atoms with Crippen molar-refractivity contribution in [3.63, 3.8) is 0 Å². The van der Waals surface area contributed by atoms with Gasteiger partial charge in [-0.15, -0.1) is 0 Å². The van der Waals surface area contributed by atoms with Gasteiger partial charge in [0.1, 0.15) is 11.0 Å². The second kappa shape index (κ2) is 5.80. The molecule has 0 aliphatic rings. The highest BCUT2D eigenvalue weighted by Gasteiger charge is 2.06. The lowest BCUT2D eigenvalue weighted by Crippen LogP contribution is -1.99. The molecule has 0 saturated heterocycles. The van der Waals surface area contributed by atoms with Gasteiger partial charge in [-0.05, 0) is 17.7 Å². The van der Waals surface area contributed by atoms with Crippen LogP contribution in [0.5, 0.6) is 0 Å². The first-order valence-electron chi connectivity index (χ1n) is 6.29. The SMILES string of the molecule is Clc1cc(-c2cccnc2)nc(Cc2ccccc2)n1. The minimum atomic E-state index is 0.449. The topological polar surface area (TPSA) is 38.7 Å². The van der Waals surface area contributed by atoms with Crippen molar-refractivity contribution < 1.29 is 0 Å². The fourth-order valence-corrected chi connectivity index (χ4v) is 2.19. The van der Waals surface area contributed by atoms with Gasteiger partial charge in [-0.1, -0.05) is 41.9 Å². The first-order chi connectivity index (χ1) is 9.81. The Bertz CT molecular complexity index is 699. The fraction of sp³-hybridized carbons (Fsp3) is 0.0625. The third kappa shape index (κ3) is 3.00. The number of aromatic nitrogens is 3. The van der Waals surface area contributed by atoms with E-state index in [2.05, 4.69) is 15.0 Å².